The molecule has 18 heavy (non-hydrogen) atoms. The highest BCUT2D eigenvalue weighted by atomic mass is 32.1. The number of likely N-dealkylation sites (tertiary alicyclic amines) is 1. The molecule has 2 nitrogen and oxygen atoms in total. The second-order valence-corrected chi connectivity index (χ2v) is 7.13. The Morgan fingerprint density at radius 2 is 2.11 bits per heavy atom. The molecule has 0 spiro atoms. The van der Waals surface area contributed by atoms with Gasteiger partial charge >= 0.3 is 0 Å². The zero-order valence-corrected chi connectivity index (χ0v) is 11.7. The van der Waals surface area contributed by atoms with E-state index in [4.69, 9.17) is 0 Å². The van der Waals surface area contributed by atoms with Crippen molar-refractivity contribution in [2.75, 3.05) is 13.1 Å². The number of hydrogen-bond donors (Lipinski definition) is 1. The molecule has 3 atom stereocenters. The summed E-state index contributed by atoms with van der Waals surface area (Å²) in [7, 11) is 0. The van der Waals surface area contributed by atoms with Gasteiger partial charge in [-0.25, -0.2) is 0 Å². The van der Waals surface area contributed by atoms with Gasteiger partial charge in [-0.15, -0.1) is 11.3 Å². The molecule has 3 unspecified atom stereocenters. The van der Waals surface area contributed by atoms with Crippen LogP contribution in [0.3, 0.4) is 0 Å². The Morgan fingerprint density at radius 3 is 3.11 bits per heavy atom. The van der Waals surface area contributed by atoms with Crippen LogP contribution >= 0.6 is 11.3 Å². The average molecular weight is 262 g/mol. The fraction of sp³-hybridized carbons (Fsp3) is 0.733. The van der Waals surface area contributed by atoms with Gasteiger partial charge in [0.1, 0.15) is 0 Å². The molecule has 2 saturated heterocycles. The van der Waals surface area contributed by atoms with Crippen LogP contribution in [0.25, 0.3) is 0 Å². The summed E-state index contributed by atoms with van der Waals surface area (Å²) in [5, 5.41) is 6.10. The van der Waals surface area contributed by atoms with Gasteiger partial charge in [-0.1, -0.05) is 0 Å². The molecule has 3 heteroatoms. The minimum atomic E-state index is 0.723. The van der Waals surface area contributed by atoms with E-state index in [9.17, 15) is 0 Å². The maximum absolute atomic E-state index is 3.80. The topological polar surface area (TPSA) is 15.3 Å². The van der Waals surface area contributed by atoms with Crippen molar-refractivity contribution in [3.05, 3.63) is 21.9 Å². The third kappa shape index (κ3) is 1.93. The Labute approximate surface area is 113 Å². The maximum atomic E-state index is 3.80. The van der Waals surface area contributed by atoms with Crippen molar-refractivity contribution in [3.63, 3.8) is 0 Å². The lowest BCUT2D eigenvalue weighted by Crippen LogP contribution is -2.38. The zero-order chi connectivity index (χ0) is 11.9. The minimum absolute atomic E-state index is 0.723. The van der Waals surface area contributed by atoms with Gasteiger partial charge in [0.2, 0.25) is 0 Å². The first kappa shape index (κ1) is 11.4. The van der Waals surface area contributed by atoms with Crippen molar-refractivity contribution in [3.8, 4) is 0 Å². The van der Waals surface area contributed by atoms with Crippen LogP contribution in [-0.2, 0) is 6.42 Å². The first-order valence-electron chi connectivity index (χ1n) is 7.46. The van der Waals surface area contributed by atoms with Crippen molar-refractivity contribution in [1.82, 2.24) is 10.2 Å². The van der Waals surface area contributed by atoms with Crippen LogP contribution in [0.5, 0.6) is 0 Å². The smallest absolute Gasteiger partial charge is 0.0359 e. The number of nitrogens with zero attached hydrogens (tertiary/aromatic N) is 1. The van der Waals surface area contributed by atoms with E-state index in [0.29, 0.717) is 0 Å². The van der Waals surface area contributed by atoms with Gasteiger partial charge in [0.05, 0.1) is 0 Å². The van der Waals surface area contributed by atoms with Crippen LogP contribution in [0, 0.1) is 0 Å². The van der Waals surface area contributed by atoms with Crippen molar-refractivity contribution in [2.24, 2.45) is 0 Å². The summed E-state index contributed by atoms with van der Waals surface area (Å²) in [6.07, 6.45) is 8.24. The van der Waals surface area contributed by atoms with Crippen molar-refractivity contribution >= 4 is 11.3 Å². The first-order valence-corrected chi connectivity index (χ1v) is 8.34. The molecule has 0 aromatic carbocycles. The zero-order valence-electron chi connectivity index (χ0n) is 10.9. The largest absolute Gasteiger partial charge is 0.310 e. The standard InChI is InChI=1S/C15H22N2S/c1-2-14(13-7-9-18-15(13)3-1)17-8-6-11-4-5-12(10-17)16-11/h7,9,11-12,14,16H,1-6,8,10H2. The van der Waals surface area contributed by atoms with Gasteiger partial charge in [0, 0.05) is 36.1 Å². The molecule has 0 radical (unpaired) electrons. The molecule has 1 aromatic rings. The highest BCUT2D eigenvalue weighted by molar-refractivity contribution is 7.10. The van der Waals surface area contributed by atoms with E-state index in [1.54, 1.807) is 10.4 Å². The minimum Gasteiger partial charge on any atom is -0.310 e. The van der Waals surface area contributed by atoms with E-state index < -0.39 is 0 Å². The van der Waals surface area contributed by atoms with E-state index in [1.807, 2.05) is 11.3 Å². The lowest BCUT2D eigenvalue weighted by Gasteiger charge is -2.35. The lowest BCUT2D eigenvalue weighted by molar-refractivity contribution is 0.171. The Bertz CT molecular complexity index is 428. The second kappa shape index (κ2) is 4.62. The van der Waals surface area contributed by atoms with E-state index in [0.717, 1.165) is 18.1 Å². The molecule has 3 aliphatic rings. The fourth-order valence-corrected chi connectivity index (χ4v) is 5.08. The van der Waals surface area contributed by atoms with Gasteiger partial charge in [-0.2, -0.15) is 0 Å². The Hall–Kier alpha value is -0.380. The van der Waals surface area contributed by atoms with E-state index >= 15 is 0 Å². The first-order chi connectivity index (χ1) is 8.90. The Morgan fingerprint density at radius 1 is 1.17 bits per heavy atom. The molecule has 2 fully saturated rings. The molecule has 1 N–H and O–H groups in total. The van der Waals surface area contributed by atoms with E-state index in [-0.39, 0.29) is 0 Å². The van der Waals surface area contributed by atoms with Gasteiger partial charge in [-0.3, -0.25) is 4.90 Å². The van der Waals surface area contributed by atoms with Gasteiger partial charge in [0.25, 0.3) is 0 Å². The molecule has 1 aliphatic carbocycles. The van der Waals surface area contributed by atoms with Gasteiger partial charge in [0.15, 0.2) is 0 Å². The van der Waals surface area contributed by atoms with Gasteiger partial charge < -0.3 is 5.32 Å². The molecule has 98 valence electrons. The van der Waals surface area contributed by atoms with Crippen LogP contribution in [0.4, 0.5) is 0 Å². The summed E-state index contributed by atoms with van der Waals surface area (Å²) in [5.41, 5.74) is 1.66. The SMILES string of the molecule is c1cc2c(s1)CCCC2N1CCC2CCC(C1)N2. The molecule has 0 amide bonds. The summed E-state index contributed by atoms with van der Waals surface area (Å²) in [6.45, 7) is 2.57. The number of aryl methyl sites for hydroxylation is 1. The quantitative estimate of drug-likeness (QED) is 0.837. The number of fused-ring (bicyclic) bond motifs is 3. The van der Waals surface area contributed by atoms with Crippen LogP contribution in [-0.4, -0.2) is 30.1 Å². The number of nitrogens with one attached hydrogen (secondary N) is 1. The number of rotatable bonds is 1. The Balaban J connectivity index is 1.57. The van der Waals surface area contributed by atoms with Crippen LogP contribution in [0.2, 0.25) is 0 Å². The molecule has 1 aromatic heterocycles. The molecule has 0 saturated carbocycles. The van der Waals surface area contributed by atoms with Crippen LogP contribution in [0.1, 0.15) is 48.6 Å². The third-order valence-electron chi connectivity index (χ3n) is 5.02. The molecule has 2 aliphatic heterocycles. The number of hydrogen-bond acceptors (Lipinski definition) is 3. The van der Waals surface area contributed by atoms with E-state index in [2.05, 4.69) is 21.7 Å². The summed E-state index contributed by atoms with van der Waals surface area (Å²) in [5.74, 6) is 0. The predicted octanol–water partition coefficient (Wildman–Crippen LogP) is 2.95. The highest BCUT2D eigenvalue weighted by Gasteiger charge is 2.34. The molecule has 4 rings (SSSR count). The Kier molecular flexibility index (Phi) is 2.94. The number of thiophene rings is 1. The van der Waals surface area contributed by atoms with Crippen molar-refractivity contribution < 1.29 is 0 Å². The molecule has 3 heterocycles. The summed E-state index contributed by atoms with van der Waals surface area (Å²) < 4.78 is 0. The average Bonchev–Trinajstić information content (AvgIpc) is 2.95. The van der Waals surface area contributed by atoms with E-state index in [1.165, 1.54) is 51.6 Å². The predicted molar refractivity (Wildman–Crippen MR) is 76.1 cm³/mol. The second-order valence-electron chi connectivity index (χ2n) is 6.13. The van der Waals surface area contributed by atoms with Crippen LogP contribution < -0.4 is 5.32 Å². The summed E-state index contributed by atoms with van der Waals surface area (Å²) in [4.78, 5) is 4.44. The normalized spacial score (nSPS) is 36.3. The molecular weight excluding hydrogens is 240 g/mol. The molecular formula is C15H22N2S. The van der Waals surface area contributed by atoms with Gasteiger partial charge in [-0.05, 0) is 55.5 Å². The fourth-order valence-electron chi connectivity index (χ4n) is 4.09. The summed E-state index contributed by atoms with van der Waals surface area (Å²) >= 11 is 1.97. The third-order valence-corrected chi connectivity index (χ3v) is 6.01. The highest BCUT2D eigenvalue weighted by Crippen LogP contribution is 2.38. The monoisotopic (exact) mass is 262 g/mol. The summed E-state index contributed by atoms with van der Waals surface area (Å²) in [6, 6.07) is 4.69. The maximum Gasteiger partial charge on any atom is 0.0359 e. The van der Waals surface area contributed by atoms with Crippen molar-refractivity contribution in [2.45, 2.75) is 56.7 Å². The van der Waals surface area contributed by atoms with Crippen LogP contribution in [0.15, 0.2) is 11.4 Å². The van der Waals surface area contributed by atoms with Crippen molar-refractivity contribution in [1.29, 1.82) is 0 Å². The molecule has 2 bridgehead atoms. The lowest BCUT2D eigenvalue weighted by atomic mass is 9.92.